The Bertz CT molecular complexity index is 377. The SMILES string of the molecule is C=C(C)C(=O)OCCCN(C)OS(=O)(=O)CCC. The number of hydrogen-bond donors (Lipinski definition) is 0. The minimum atomic E-state index is -3.49. The van der Waals surface area contributed by atoms with Crippen molar-refractivity contribution in [3.05, 3.63) is 12.2 Å². The Kier molecular flexibility index (Phi) is 7.81. The van der Waals surface area contributed by atoms with Gasteiger partial charge in [0.05, 0.1) is 12.4 Å². The Hall–Kier alpha value is -0.920. The van der Waals surface area contributed by atoms with E-state index in [2.05, 4.69) is 6.58 Å². The molecule has 0 aliphatic carbocycles. The molecule has 0 radical (unpaired) electrons. The molecule has 0 saturated carbocycles. The molecular formula is C11H21NO5S. The number of esters is 1. The first kappa shape index (κ1) is 17.1. The fraction of sp³-hybridized carbons (Fsp3) is 0.727. The molecule has 18 heavy (non-hydrogen) atoms. The van der Waals surface area contributed by atoms with Crippen LogP contribution in [0.25, 0.3) is 0 Å². The normalized spacial score (nSPS) is 11.6. The molecule has 0 heterocycles. The lowest BCUT2D eigenvalue weighted by Gasteiger charge is -2.15. The number of carbonyl (C=O) groups excluding carboxylic acids is 1. The molecule has 0 unspecified atom stereocenters. The highest BCUT2D eigenvalue weighted by atomic mass is 32.2. The van der Waals surface area contributed by atoms with Crippen LogP contribution in [0.5, 0.6) is 0 Å². The average molecular weight is 279 g/mol. The summed E-state index contributed by atoms with van der Waals surface area (Å²) in [5.74, 6) is -0.459. The molecule has 7 heteroatoms. The Morgan fingerprint density at radius 3 is 2.50 bits per heavy atom. The predicted octanol–water partition coefficient (Wildman–Crippen LogP) is 1.10. The molecule has 0 aromatic rings. The topological polar surface area (TPSA) is 72.9 Å². The number of rotatable bonds is 9. The van der Waals surface area contributed by atoms with Crippen molar-refractivity contribution in [1.29, 1.82) is 0 Å². The van der Waals surface area contributed by atoms with E-state index in [0.717, 1.165) is 0 Å². The molecule has 0 bridgehead atoms. The van der Waals surface area contributed by atoms with E-state index in [1.54, 1.807) is 13.8 Å². The second kappa shape index (κ2) is 8.23. The number of carbonyl (C=O) groups is 1. The van der Waals surface area contributed by atoms with Crippen molar-refractivity contribution in [3.8, 4) is 0 Å². The van der Waals surface area contributed by atoms with Gasteiger partial charge in [-0.25, -0.2) is 4.79 Å². The third-order valence-electron chi connectivity index (χ3n) is 1.89. The molecule has 0 fully saturated rings. The zero-order chi connectivity index (χ0) is 14.2. The van der Waals surface area contributed by atoms with Crippen molar-refractivity contribution < 1.29 is 22.2 Å². The highest BCUT2D eigenvalue weighted by molar-refractivity contribution is 7.86. The van der Waals surface area contributed by atoms with Gasteiger partial charge < -0.3 is 4.74 Å². The van der Waals surface area contributed by atoms with Gasteiger partial charge in [-0.3, -0.25) is 0 Å². The van der Waals surface area contributed by atoms with E-state index in [9.17, 15) is 13.2 Å². The van der Waals surface area contributed by atoms with E-state index >= 15 is 0 Å². The maximum Gasteiger partial charge on any atom is 0.333 e. The van der Waals surface area contributed by atoms with Gasteiger partial charge in [-0.05, 0) is 19.8 Å². The van der Waals surface area contributed by atoms with Crippen LogP contribution in [0.2, 0.25) is 0 Å². The Morgan fingerprint density at radius 1 is 1.39 bits per heavy atom. The van der Waals surface area contributed by atoms with E-state index < -0.39 is 16.1 Å². The third kappa shape index (κ3) is 8.21. The lowest BCUT2D eigenvalue weighted by atomic mass is 10.3. The molecule has 0 N–H and O–H groups in total. The molecule has 0 rings (SSSR count). The lowest BCUT2D eigenvalue weighted by Crippen LogP contribution is -2.26. The quantitative estimate of drug-likeness (QED) is 0.272. The molecule has 0 aliphatic heterocycles. The molecule has 0 atom stereocenters. The van der Waals surface area contributed by atoms with Gasteiger partial charge in [0.2, 0.25) is 0 Å². The number of ether oxygens (including phenoxy) is 1. The summed E-state index contributed by atoms with van der Waals surface area (Å²) in [6, 6.07) is 0. The minimum Gasteiger partial charge on any atom is -0.462 e. The summed E-state index contributed by atoms with van der Waals surface area (Å²) in [6.45, 7) is 7.33. The van der Waals surface area contributed by atoms with Crippen LogP contribution in [0.15, 0.2) is 12.2 Å². The number of nitrogens with zero attached hydrogens (tertiary/aromatic N) is 1. The maximum atomic E-state index is 11.3. The summed E-state index contributed by atoms with van der Waals surface area (Å²) in [5, 5.41) is 1.22. The standard InChI is InChI=1S/C11H21NO5S/c1-5-9-18(14,15)17-12(4)7-6-8-16-11(13)10(2)3/h2,5-9H2,1,3-4H3. The van der Waals surface area contributed by atoms with Crippen LogP contribution < -0.4 is 0 Å². The van der Waals surface area contributed by atoms with Gasteiger partial charge in [-0.15, -0.1) is 0 Å². The van der Waals surface area contributed by atoms with Crippen LogP contribution in [0.1, 0.15) is 26.7 Å². The molecule has 0 spiro atoms. The Morgan fingerprint density at radius 2 is 2.00 bits per heavy atom. The number of hydrogen-bond acceptors (Lipinski definition) is 6. The van der Waals surface area contributed by atoms with E-state index in [4.69, 9.17) is 9.02 Å². The summed E-state index contributed by atoms with van der Waals surface area (Å²) in [7, 11) is -1.97. The highest BCUT2D eigenvalue weighted by Crippen LogP contribution is 2.01. The first-order valence-electron chi connectivity index (χ1n) is 5.74. The molecular weight excluding hydrogens is 258 g/mol. The van der Waals surface area contributed by atoms with E-state index in [1.165, 1.54) is 12.1 Å². The summed E-state index contributed by atoms with van der Waals surface area (Å²) in [4.78, 5) is 11.0. The fourth-order valence-corrected chi connectivity index (χ4v) is 2.13. The van der Waals surface area contributed by atoms with E-state index in [1.807, 2.05) is 0 Å². The Labute approximate surface area is 109 Å². The summed E-state index contributed by atoms with van der Waals surface area (Å²) >= 11 is 0. The largest absolute Gasteiger partial charge is 0.462 e. The van der Waals surface area contributed by atoms with Crippen molar-refractivity contribution in [2.75, 3.05) is 26.0 Å². The van der Waals surface area contributed by atoms with Gasteiger partial charge in [0.25, 0.3) is 10.1 Å². The van der Waals surface area contributed by atoms with E-state index in [-0.39, 0.29) is 12.4 Å². The van der Waals surface area contributed by atoms with Gasteiger partial charge in [0.15, 0.2) is 0 Å². The van der Waals surface area contributed by atoms with Crippen LogP contribution in [-0.4, -0.2) is 45.4 Å². The molecule has 0 aromatic carbocycles. The minimum absolute atomic E-state index is 0.0119. The zero-order valence-electron chi connectivity index (χ0n) is 11.1. The van der Waals surface area contributed by atoms with Crippen molar-refractivity contribution in [2.24, 2.45) is 0 Å². The van der Waals surface area contributed by atoms with Gasteiger partial charge in [-0.2, -0.15) is 17.8 Å². The molecule has 0 aliphatic rings. The van der Waals surface area contributed by atoms with Gasteiger partial charge in [-0.1, -0.05) is 13.5 Å². The van der Waals surface area contributed by atoms with E-state index in [0.29, 0.717) is 25.0 Å². The summed E-state index contributed by atoms with van der Waals surface area (Å²) in [6.07, 6.45) is 0.990. The highest BCUT2D eigenvalue weighted by Gasteiger charge is 2.13. The smallest absolute Gasteiger partial charge is 0.333 e. The zero-order valence-corrected chi connectivity index (χ0v) is 12.0. The van der Waals surface area contributed by atoms with Crippen molar-refractivity contribution in [1.82, 2.24) is 5.06 Å². The Balaban J connectivity index is 3.81. The van der Waals surface area contributed by atoms with Crippen LogP contribution >= 0.6 is 0 Å². The van der Waals surface area contributed by atoms with Crippen molar-refractivity contribution in [3.63, 3.8) is 0 Å². The maximum absolute atomic E-state index is 11.3. The third-order valence-corrected chi connectivity index (χ3v) is 3.28. The fourth-order valence-electron chi connectivity index (χ4n) is 1.09. The summed E-state index contributed by atoms with van der Waals surface area (Å²) in [5.41, 5.74) is 0.338. The van der Waals surface area contributed by atoms with Crippen molar-refractivity contribution in [2.45, 2.75) is 26.7 Å². The second-order valence-corrected chi connectivity index (χ2v) is 5.63. The average Bonchev–Trinajstić information content (AvgIpc) is 2.22. The second-order valence-electron chi connectivity index (χ2n) is 3.96. The molecule has 106 valence electrons. The summed E-state index contributed by atoms with van der Waals surface area (Å²) < 4.78 is 32.3. The first-order chi connectivity index (χ1) is 8.28. The van der Waals surface area contributed by atoms with Crippen LogP contribution in [0.4, 0.5) is 0 Å². The van der Waals surface area contributed by atoms with Gasteiger partial charge in [0, 0.05) is 19.2 Å². The molecule has 6 nitrogen and oxygen atoms in total. The molecule has 0 saturated heterocycles. The lowest BCUT2D eigenvalue weighted by molar-refractivity contribution is -0.139. The monoisotopic (exact) mass is 279 g/mol. The van der Waals surface area contributed by atoms with Crippen LogP contribution in [0, 0.1) is 0 Å². The first-order valence-corrected chi connectivity index (χ1v) is 7.32. The van der Waals surface area contributed by atoms with Crippen LogP contribution in [-0.2, 0) is 23.9 Å². The predicted molar refractivity (Wildman–Crippen MR) is 68.2 cm³/mol. The molecule has 0 aromatic heterocycles. The van der Waals surface area contributed by atoms with Gasteiger partial charge >= 0.3 is 5.97 Å². The molecule has 0 amide bonds. The van der Waals surface area contributed by atoms with Crippen molar-refractivity contribution >= 4 is 16.1 Å². The van der Waals surface area contributed by atoms with Crippen LogP contribution in [0.3, 0.4) is 0 Å². The van der Waals surface area contributed by atoms with Gasteiger partial charge in [0.1, 0.15) is 0 Å². The number of hydroxylamine groups is 2.